The van der Waals surface area contributed by atoms with E-state index in [-0.39, 0.29) is 0 Å². The standard InChI is InChI=1S/C12H20Br2O3/c1-5-8-9-11(7-3,16-4)12(13,14)17-10(15)6-2/h6H,2,5,7-9H2,1,3-4H3. The molecule has 3 nitrogen and oxygen atoms in total. The molecule has 0 aromatic heterocycles. The average Bonchev–Trinajstić information content (AvgIpc) is 2.30. The van der Waals surface area contributed by atoms with Gasteiger partial charge in [0.15, 0.2) is 0 Å². The van der Waals surface area contributed by atoms with E-state index in [0.717, 1.165) is 25.3 Å². The Morgan fingerprint density at radius 3 is 2.35 bits per heavy atom. The zero-order chi connectivity index (χ0) is 13.5. The van der Waals surface area contributed by atoms with Gasteiger partial charge in [-0.3, -0.25) is 0 Å². The summed E-state index contributed by atoms with van der Waals surface area (Å²) in [4.78, 5) is 11.3. The number of esters is 1. The molecule has 0 aliphatic rings. The van der Waals surface area contributed by atoms with E-state index in [1.807, 2.05) is 6.92 Å². The lowest BCUT2D eigenvalue weighted by molar-refractivity contribution is -0.156. The van der Waals surface area contributed by atoms with Crippen LogP contribution in [0.15, 0.2) is 12.7 Å². The summed E-state index contributed by atoms with van der Waals surface area (Å²) in [7, 11) is 1.62. The molecular formula is C12H20Br2O3. The molecule has 100 valence electrons. The van der Waals surface area contributed by atoms with Gasteiger partial charge in [-0.25, -0.2) is 4.79 Å². The normalized spacial score (nSPS) is 15.1. The number of ether oxygens (including phenoxy) is 2. The van der Waals surface area contributed by atoms with Crippen LogP contribution in [0.25, 0.3) is 0 Å². The highest BCUT2D eigenvalue weighted by Gasteiger charge is 2.50. The smallest absolute Gasteiger partial charge is 0.332 e. The molecule has 0 aromatic carbocycles. The maximum atomic E-state index is 11.3. The topological polar surface area (TPSA) is 35.5 Å². The zero-order valence-corrected chi connectivity index (χ0v) is 13.8. The molecular weight excluding hydrogens is 352 g/mol. The summed E-state index contributed by atoms with van der Waals surface area (Å²) in [5, 5.41) is 0. The Bertz CT molecular complexity index is 260. The molecule has 0 saturated heterocycles. The number of carbonyl (C=O) groups is 1. The number of hydrogen-bond donors (Lipinski definition) is 0. The van der Waals surface area contributed by atoms with Gasteiger partial charge in [0, 0.05) is 13.2 Å². The van der Waals surface area contributed by atoms with Gasteiger partial charge in [-0.15, -0.1) is 0 Å². The molecule has 0 N–H and O–H groups in total. The SMILES string of the molecule is C=CC(=O)OC(Br)(Br)C(CC)(CCCC)OC. The number of carbonyl (C=O) groups excluding carboxylic acids is 1. The van der Waals surface area contributed by atoms with E-state index in [9.17, 15) is 4.79 Å². The van der Waals surface area contributed by atoms with Gasteiger partial charge in [0.1, 0.15) is 5.60 Å². The van der Waals surface area contributed by atoms with Crippen molar-refractivity contribution < 1.29 is 14.3 Å². The van der Waals surface area contributed by atoms with Crippen LogP contribution >= 0.6 is 31.9 Å². The van der Waals surface area contributed by atoms with Crippen LogP contribution in [-0.2, 0) is 14.3 Å². The van der Waals surface area contributed by atoms with E-state index < -0.39 is 15.0 Å². The predicted molar refractivity (Wildman–Crippen MR) is 76.4 cm³/mol. The maximum absolute atomic E-state index is 11.3. The van der Waals surface area contributed by atoms with Crippen LogP contribution in [0, 0.1) is 0 Å². The molecule has 0 aliphatic heterocycles. The number of alkyl halides is 2. The van der Waals surface area contributed by atoms with Crippen molar-refractivity contribution in [1.82, 2.24) is 0 Å². The summed E-state index contributed by atoms with van der Waals surface area (Å²) in [6.45, 7) is 7.49. The van der Waals surface area contributed by atoms with Crippen molar-refractivity contribution >= 4 is 37.8 Å². The number of hydrogen-bond acceptors (Lipinski definition) is 3. The molecule has 1 unspecified atom stereocenters. The summed E-state index contributed by atoms with van der Waals surface area (Å²) in [6.07, 6.45) is 4.68. The van der Waals surface area contributed by atoms with Crippen LogP contribution in [0.2, 0.25) is 0 Å². The molecule has 0 spiro atoms. The van der Waals surface area contributed by atoms with E-state index in [1.165, 1.54) is 0 Å². The molecule has 5 heteroatoms. The van der Waals surface area contributed by atoms with E-state index in [0.29, 0.717) is 6.42 Å². The van der Waals surface area contributed by atoms with Gasteiger partial charge in [-0.1, -0.05) is 33.3 Å². The molecule has 0 aromatic rings. The first-order chi connectivity index (χ1) is 7.89. The number of unbranched alkanes of at least 4 members (excludes halogenated alkanes) is 1. The Hall–Kier alpha value is 0.130. The number of halogens is 2. The second-order valence-corrected chi connectivity index (χ2v) is 7.10. The van der Waals surface area contributed by atoms with Crippen LogP contribution in [-0.4, -0.2) is 22.1 Å². The maximum Gasteiger partial charge on any atom is 0.332 e. The van der Waals surface area contributed by atoms with Crippen molar-refractivity contribution in [1.29, 1.82) is 0 Å². The highest BCUT2D eigenvalue weighted by Crippen LogP contribution is 2.46. The molecule has 0 aliphatic carbocycles. The second kappa shape index (κ2) is 7.54. The van der Waals surface area contributed by atoms with Crippen LogP contribution in [0.5, 0.6) is 0 Å². The summed E-state index contributed by atoms with van der Waals surface area (Å²) in [6, 6.07) is 0. The molecule has 0 saturated carbocycles. The first-order valence-corrected chi connectivity index (χ1v) is 7.26. The molecule has 17 heavy (non-hydrogen) atoms. The molecule has 0 rings (SSSR count). The molecule has 0 amide bonds. The lowest BCUT2D eigenvalue weighted by Crippen LogP contribution is -2.49. The van der Waals surface area contributed by atoms with E-state index in [2.05, 4.69) is 45.4 Å². The molecule has 0 bridgehead atoms. The molecule has 0 radical (unpaired) electrons. The highest BCUT2D eigenvalue weighted by atomic mass is 79.9. The van der Waals surface area contributed by atoms with Crippen molar-refractivity contribution in [3.05, 3.63) is 12.7 Å². The fraction of sp³-hybridized carbons (Fsp3) is 0.750. The number of rotatable bonds is 8. The molecule has 0 heterocycles. The van der Waals surface area contributed by atoms with Gasteiger partial charge >= 0.3 is 5.97 Å². The molecule has 0 fully saturated rings. The lowest BCUT2D eigenvalue weighted by Gasteiger charge is -2.41. The first kappa shape index (κ1) is 17.1. The van der Waals surface area contributed by atoms with Crippen molar-refractivity contribution in [3.63, 3.8) is 0 Å². The van der Waals surface area contributed by atoms with Crippen molar-refractivity contribution in [2.45, 2.75) is 48.6 Å². The van der Waals surface area contributed by atoms with Gasteiger partial charge in [0.2, 0.25) is 3.42 Å². The third-order valence-electron chi connectivity index (χ3n) is 2.82. The quantitative estimate of drug-likeness (QED) is 0.365. The van der Waals surface area contributed by atoms with Crippen LogP contribution in [0.1, 0.15) is 39.5 Å². The zero-order valence-electron chi connectivity index (χ0n) is 10.6. The average molecular weight is 372 g/mol. The summed E-state index contributed by atoms with van der Waals surface area (Å²) < 4.78 is 9.85. The third kappa shape index (κ3) is 4.38. The van der Waals surface area contributed by atoms with Crippen molar-refractivity contribution in [3.8, 4) is 0 Å². The Kier molecular flexibility index (Phi) is 7.60. The Morgan fingerprint density at radius 2 is 2.00 bits per heavy atom. The minimum atomic E-state index is -1.03. The van der Waals surface area contributed by atoms with E-state index >= 15 is 0 Å². The summed E-state index contributed by atoms with van der Waals surface area (Å²) in [5.41, 5.74) is -0.596. The summed E-state index contributed by atoms with van der Waals surface area (Å²) >= 11 is 6.80. The second-order valence-electron chi connectivity index (χ2n) is 3.80. The third-order valence-corrected chi connectivity index (χ3v) is 4.59. The van der Waals surface area contributed by atoms with Crippen LogP contribution < -0.4 is 0 Å². The predicted octanol–water partition coefficient (Wildman–Crippen LogP) is 4.14. The highest BCUT2D eigenvalue weighted by molar-refractivity contribution is 9.25. The summed E-state index contributed by atoms with van der Waals surface area (Å²) in [5.74, 6) is -0.495. The van der Waals surface area contributed by atoms with Crippen LogP contribution in [0.3, 0.4) is 0 Å². The van der Waals surface area contributed by atoms with Crippen molar-refractivity contribution in [2.75, 3.05) is 7.11 Å². The minimum absolute atomic E-state index is 0.495. The largest absolute Gasteiger partial charge is 0.431 e. The monoisotopic (exact) mass is 370 g/mol. The van der Waals surface area contributed by atoms with Gasteiger partial charge < -0.3 is 9.47 Å². The Balaban J connectivity index is 4.98. The number of methoxy groups -OCH3 is 1. The van der Waals surface area contributed by atoms with Gasteiger partial charge in [-0.05, 0) is 44.7 Å². The van der Waals surface area contributed by atoms with Gasteiger partial charge in [0.05, 0.1) is 0 Å². The minimum Gasteiger partial charge on any atom is -0.431 e. The van der Waals surface area contributed by atoms with Crippen molar-refractivity contribution in [2.24, 2.45) is 0 Å². The Morgan fingerprint density at radius 1 is 1.41 bits per heavy atom. The Labute approximate surface area is 120 Å². The van der Waals surface area contributed by atoms with Gasteiger partial charge in [-0.2, -0.15) is 0 Å². The van der Waals surface area contributed by atoms with Gasteiger partial charge in [0.25, 0.3) is 0 Å². The lowest BCUT2D eigenvalue weighted by atomic mass is 9.94. The molecule has 1 atom stereocenters. The van der Waals surface area contributed by atoms with E-state index in [4.69, 9.17) is 9.47 Å². The fourth-order valence-electron chi connectivity index (χ4n) is 1.62. The van der Waals surface area contributed by atoms with Crippen LogP contribution in [0.4, 0.5) is 0 Å². The van der Waals surface area contributed by atoms with E-state index in [1.54, 1.807) is 7.11 Å². The first-order valence-electron chi connectivity index (χ1n) is 5.67. The fourth-order valence-corrected chi connectivity index (χ4v) is 3.22.